The zero-order valence-corrected chi connectivity index (χ0v) is 19.1. The number of rotatable bonds is 6. The molecule has 11 heteroatoms. The number of hydrogen-bond donors (Lipinski definition) is 2. The maximum absolute atomic E-state index is 14.0. The molecule has 0 saturated carbocycles. The standard InChI is InChI=1S/C23H22ClF3N4O3/c1-33-16-9-8-14(10-17(16)34-2)15-11-18(23(25,26)27)31-21(29-15)19(24)20(30-31)22(32)28-12-13-6-4-3-5-7-13/h3-10,15,18,29H,11-12H2,1-2H3,(H,28,32)/t15-,18-/m1/s1. The largest absolute Gasteiger partial charge is 0.493 e. The van der Waals surface area contributed by atoms with Crippen LogP contribution in [0, 0.1) is 0 Å². The normalized spacial score (nSPS) is 17.5. The lowest BCUT2D eigenvalue weighted by Crippen LogP contribution is -2.36. The molecule has 0 fully saturated rings. The van der Waals surface area contributed by atoms with Gasteiger partial charge in [0, 0.05) is 13.0 Å². The van der Waals surface area contributed by atoms with E-state index in [0.29, 0.717) is 17.1 Å². The van der Waals surface area contributed by atoms with Crippen LogP contribution in [0.1, 0.15) is 40.1 Å². The Morgan fingerprint density at radius 2 is 1.88 bits per heavy atom. The molecule has 2 heterocycles. The van der Waals surface area contributed by atoms with Gasteiger partial charge in [0.1, 0.15) is 10.8 Å². The fourth-order valence-corrected chi connectivity index (χ4v) is 4.15. The third-order valence-electron chi connectivity index (χ3n) is 5.62. The number of ether oxygens (including phenoxy) is 2. The second-order valence-corrected chi connectivity index (χ2v) is 8.11. The van der Waals surface area contributed by atoms with E-state index in [0.717, 1.165) is 10.2 Å². The molecule has 0 aliphatic carbocycles. The SMILES string of the molecule is COc1ccc([C@H]2C[C@H](C(F)(F)F)n3nc(C(=O)NCc4ccccc4)c(Cl)c3N2)cc1OC. The molecule has 7 nitrogen and oxygen atoms in total. The number of fused-ring (bicyclic) bond motifs is 1. The summed E-state index contributed by atoms with van der Waals surface area (Å²) in [4.78, 5) is 12.7. The highest BCUT2D eigenvalue weighted by molar-refractivity contribution is 6.36. The van der Waals surface area contributed by atoms with Crippen molar-refractivity contribution in [1.29, 1.82) is 0 Å². The summed E-state index contributed by atoms with van der Waals surface area (Å²) in [6, 6.07) is 11.2. The molecule has 3 aromatic rings. The number of hydrogen-bond acceptors (Lipinski definition) is 5. The van der Waals surface area contributed by atoms with Gasteiger partial charge in [0.25, 0.3) is 5.91 Å². The first kappa shape index (κ1) is 23.7. The molecule has 34 heavy (non-hydrogen) atoms. The minimum absolute atomic E-state index is 0.0695. The molecular formula is C23H22ClF3N4O3. The highest BCUT2D eigenvalue weighted by Crippen LogP contribution is 2.47. The maximum atomic E-state index is 14.0. The van der Waals surface area contributed by atoms with Crippen LogP contribution in [0.2, 0.25) is 5.02 Å². The number of carbonyl (C=O) groups is 1. The van der Waals surface area contributed by atoms with E-state index >= 15 is 0 Å². The fraction of sp³-hybridized carbons (Fsp3) is 0.304. The van der Waals surface area contributed by atoms with Gasteiger partial charge in [0.15, 0.2) is 23.2 Å². The number of aromatic nitrogens is 2. The number of carbonyl (C=O) groups excluding carboxylic acids is 1. The van der Waals surface area contributed by atoms with Gasteiger partial charge in [-0.05, 0) is 23.3 Å². The smallest absolute Gasteiger partial charge is 0.410 e. The van der Waals surface area contributed by atoms with Crippen molar-refractivity contribution in [3.8, 4) is 11.5 Å². The van der Waals surface area contributed by atoms with E-state index < -0.39 is 24.2 Å². The highest BCUT2D eigenvalue weighted by atomic mass is 35.5. The van der Waals surface area contributed by atoms with Crippen molar-refractivity contribution in [3.05, 3.63) is 70.4 Å². The van der Waals surface area contributed by atoms with Crippen molar-refractivity contribution >= 4 is 23.3 Å². The summed E-state index contributed by atoms with van der Waals surface area (Å²) >= 11 is 6.37. The molecule has 1 amide bonds. The predicted octanol–water partition coefficient (Wildman–Crippen LogP) is 5.14. The van der Waals surface area contributed by atoms with Crippen molar-refractivity contribution in [1.82, 2.24) is 15.1 Å². The number of nitrogens with zero attached hydrogens (tertiary/aromatic N) is 2. The van der Waals surface area contributed by atoms with E-state index in [1.54, 1.807) is 18.2 Å². The van der Waals surface area contributed by atoms with Crippen molar-refractivity contribution < 1.29 is 27.4 Å². The number of alkyl halides is 3. The van der Waals surface area contributed by atoms with Gasteiger partial charge in [-0.25, -0.2) is 4.68 Å². The Bertz CT molecular complexity index is 1180. The molecule has 0 radical (unpaired) electrons. The summed E-state index contributed by atoms with van der Waals surface area (Å²) in [5.74, 6) is 0.104. The number of benzene rings is 2. The van der Waals surface area contributed by atoms with Crippen LogP contribution >= 0.6 is 11.6 Å². The van der Waals surface area contributed by atoms with Gasteiger partial charge in [-0.1, -0.05) is 48.0 Å². The van der Waals surface area contributed by atoms with Crippen LogP contribution in [0.25, 0.3) is 0 Å². The van der Waals surface area contributed by atoms with Crippen LogP contribution in [-0.4, -0.2) is 36.1 Å². The quantitative estimate of drug-likeness (QED) is 0.496. The summed E-state index contributed by atoms with van der Waals surface area (Å²) < 4.78 is 53.3. The first-order valence-electron chi connectivity index (χ1n) is 10.4. The first-order chi connectivity index (χ1) is 16.2. The lowest BCUT2D eigenvalue weighted by Gasteiger charge is -2.33. The predicted molar refractivity (Wildman–Crippen MR) is 120 cm³/mol. The Morgan fingerprint density at radius 1 is 1.18 bits per heavy atom. The van der Waals surface area contributed by atoms with E-state index in [9.17, 15) is 18.0 Å². The Balaban J connectivity index is 1.65. The Labute approximate surface area is 198 Å². The van der Waals surface area contributed by atoms with E-state index in [1.807, 2.05) is 30.3 Å². The molecular weight excluding hydrogens is 473 g/mol. The van der Waals surface area contributed by atoms with Crippen LogP contribution in [0.4, 0.5) is 19.0 Å². The summed E-state index contributed by atoms with van der Waals surface area (Å²) in [6.07, 6.45) is -4.96. The van der Waals surface area contributed by atoms with Gasteiger partial charge in [-0.2, -0.15) is 18.3 Å². The minimum Gasteiger partial charge on any atom is -0.493 e. The average Bonchev–Trinajstić information content (AvgIpc) is 3.17. The van der Waals surface area contributed by atoms with E-state index in [1.165, 1.54) is 14.2 Å². The molecule has 2 atom stereocenters. The molecule has 0 saturated heterocycles. The molecule has 1 aliphatic heterocycles. The maximum Gasteiger partial charge on any atom is 0.410 e. The van der Waals surface area contributed by atoms with Gasteiger partial charge < -0.3 is 20.1 Å². The molecule has 0 bridgehead atoms. The van der Waals surface area contributed by atoms with Gasteiger partial charge in [0.2, 0.25) is 0 Å². The third-order valence-corrected chi connectivity index (χ3v) is 5.97. The van der Waals surface area contributed by atoms with Gasteiger partial charge in [0.05, 0.1) is 20.3 Å². The molecule has 4 rings (SSSR count). The molecule has 2 aromatic carbocycles. The highest BCUT2D eigenvalue weighted by Gasteiger charge is 2.48. The molecule has 180 valence electrons. The van der Waals surface area contributed by atoms with E-state index in [4.69, 9.17) is 21.1 Å². The summed E-state index contributed by atoms with van der Waals surface area (Å²) in [6.45, 7) is 0.183. The van der Waals surface area contributed by atoms with Crippen molar-refractivity contribution in [2.45, 2.75) is 31.2 Å². The van der Waals surface area contributed by atoms with Crippen LogP contribution in [-0.2, 0) is 6.54 Å². The van der Waals surface area contributed by atoms with Crippen LogP contribution in [0.15, 0.2) is 48.5 Å². The molecule has 0 unspecified atom stereocenters. The fourth-order valence-electron chi connectivity index (χ4n) is 3.88. The molecule has 1 aliphatic rings. The Morgan fingerprint density at radius 3 is 2.53 bits per heavy atom. The van der Waals surface area contributed by atoms with Gasteiger partial charge in [-0.15, -0.1) is 0 Å². The first-order valence-corrected chi connectivity index (χ1v) is 10.8. The van der Waals surface area contributed by atoms with Crippen molar-refractivity contribution in [3.63, 3.8) is 0 Å². The van der Waals surface area contributed by atoms with E-state index in [-0.39, 0.29) is 29.5 Å². The minimum atomic E-state index is -4.61. The average molecular weight is 495 g/mol. The lowest BCUT2D eigenvalue weighted by molar-refractivity contribution is -0.173. The number of amides is 1. The van der Waals surface area contributed by atoms with Crippen molar-refractivity contribution in [2.24, 2.45) is 0 Å². The Kier molecular flexibility index (Phi) is 6.60. The summed E-state index contributed by atoms with van der Waals surface area (Å²) in [7, 11) is 2.92. The van der Waals surface area contributed by atoms with E-state index in [2.05, 4.69) is 15.7 Å². The molecule has 0 spiro atoms. The topological polar surface area (TPSA) is 77.4 Å². The third kappa shape index (κ3) is 4.63. The summed E-state index contributed by atoms with van der Waals surface area (Å²) in [5.41, 5.74) is 1.10. The Hall–Kier alpha value is -3.40. The lowest BCUT2D eigenvalue weighted by atomic mass is 9.96. The molecule has 1 aromatic heterocycles. The number of halogens is 4. The van der Waals surface area contributed by atoms with Crippen LogP contribution in [0.5, 0.6) is 11.5 Å². The second-order valence-electron chi connectivity index (χ2n) is 7.73. The van der Waals surface area contributed by atoms with Crippen LogP contribution in [0.3, 0.4) is 0 Å². The van der Waals surface area contributed by atoms with Gasteiger partial charge in [-0.3, -0.25) is 4.79 Å². The zero-order chi connectivity index (χ0) is 24.5. The number of nitrogens with one attached hydrogen (secondary N) is 2. The van der Waals surface area contributed by atoms with Gasteiger partial charge >= 0.3 is 6.18 Å². The van der Waals surface area contributed by atoms with Crippen molar-refractivity contribution in [2.75, 3.05) is 19.5 Å². The van der Waals surface area contributed by atoms with Crippen LogP contribution < -0.4 is 20.1 Å². The zero-order valence-electron chi connectivity index (χ0n) is 18.3. The number of methoxy groups -OCH3 is 2. The second kappa shape index (κ2) is 9.46. The molecule has 2 N–H and O–H groups in total. The number of anilines is 1. The summed E-state index contributed by atoms with van der Waals surface area (Å²) in [5, 5.41) is 9.43. The monoisotopic (exact) mass is 494 g/mol.